The van der Waals surface area contributed by atoms with Crippen LogP contribution in [0.1, 0.15) is 29.0 Å². The first-order valence-electron chi connectivity index (χ1n) is 8.34. The van der Waals surface area contributed by atoms with Crippen LogP contribution in [0.3, 0.4) is 0 Å². The molecule has 1 fully saturated rings. The summed E-state index contributed by atoms with van der Waals surface area (Å²) in [5.41, 5.74) is 0.490. The summed E-state index contributed by atoms with van der Waals surface area (Å²) in [5.74, 6) is -0.352. The highest BCUT2D eigenvalue weighted by Gasteiger charge is 2.19. The standard InChI is InChI=1S/C19H19ClN2O4/c20-14-7-5-13(6-8-14)18(23)22-17(11-15-3-1-9-25-15)19(24)21-12-16-4-2-10-26-16/h1,3,5-9,11,16H,2,4,10,12H2,(H,21,24)(H,22,23)/b17-11+/t16-/m0/s1. The Balaban J connectivity index is 1.71. The summed E-state index contributed by atoms with van der Waals surface area (Å²) in [4.78, 5) is 25.0. The van der Waals surface area contributed by atoms with Crippen molar-refractivity contribution in [1.82, 2.24) is 10.6 Å². The topological polar surface area (TPSA) is 80.6 Å². The molecule has 0 bridgehead atoms. The number of benzene rings is 1. The largest absolute Gasteiger partial charge is 0.465 e. The number of carbonyl (C=O) groups is 2. The Morgan fingerprint density at radius 1 is 1.23 bits per heavy atom. The van der Waals surface area contributed by atoms with Crippen LogP contribution in [-0.2, 0) is 9.53 Å². The SMILES string of the molecule is O=C(NC[C@@H]1CCCO1)/C(=C\c1ccco1)NC(=O)c1ccc(Cl)cc1. The summed E-state index contributed by atoms with van der Waals surface area (Å²) < 4.78 is 10.7. The molecule has 2 heterocycles. The van der Waals surface area contributed by atoms with Gasteiger partial charge >= 0.3 is 0 Å². The number of carbonyl (C=O) groups excluding carboxylic acids is 2. The van der Waals surface area contributed by atoms with Crippen LogP contribution in [0.5, 0.6) is 0 Å². The van der Waals surface area contributed by atoms with Crippen molar-refractivity contribution in [2.75, 3.05) is 13.2 Å². The van der Waals surface area contributed by atoms with E-state index in [2.05, 4.69) is 10.6 Å². The van der Waals surface area contributed by atoms with E-state index in [1.165, 1.54) is 12.3 Å². The van der Waals surface area contributed by atoms with E-state index in [4.69, 9.17) is 20.8 Å². The molecule has 0 aliphatic carbocycles. The van der Waals surface area contributed by atoms with Gasteiger partial charge in [-0.25, -0.2) is 0 Å². The van der Waals surface area contributed by atoms with E-state index >= 15 is 0 Å². The normalized spacial score (nSPS) is 17.1. The van der Waals surface area contributed by atoms with E-state index in [9.17, 15) is 9.59 Å². The summed E-state index contributed by atoms with van der Waals surface area (Å²) in [7, 11) is 0. The lowest BCUT2D eigenvalue weighted by Crippen LogP contribution is -2.38. The highest BCUT2D eigenvalue weighted by Crippen LogP contribution is 2.13. The zero-order valence-corrected chi connectivity index (χ0v) is 14.8. The molecule has 2 aromatic rings. The Morgan fingerprint density at radius 3 is 2.69 bits per heavy atom. The van der Waals surface area contributed by atoms with E-state index in [-0.39, 0.29) is 11.8 Å². The molecule has 26 heavy (non-hydrogen) atoms. The van der Waals surface area contributed by atoms with Gasteiger partial charge in [0.05, 0.1) is 12.4 Å². The minimum atomic E-state index is -0.410. The van der Waals surface area contributed by atoms with Crippen LogP contribution in [0.2, 0.25) is 5.02 Å². The van der Waals surface area contributed by atoms with E-state index in [0.29, 0.717) is 29.5 Å². The zero-order chi connectivity index (χ0) is 18.4. The molecule has 7 heteroatoms. The molecule has 0 saturated carbocycles. The van der Waals surface area contributed by atoms with Gasteiger partial charge < -0.3 is 19.8 Å². The van der Waals surface area contributed by atoms with Gasteiger partial charge in [0.15, 0.2) is 0 Å². The van der Waals surface area contributed by atoms with Gasteiger partial charge in [0, 0.05) is 29.8 Å². The fourth-order valence-electron chi connectivity index (χ4n) is 2.58. The van der Waals surface area contributed by atoms with Crippen LogP contribution in [0.25, 0.3) is 6.08 Å². The molecule has 1 atom stereocenters. The molecule has 6 nitrogen and oxygen atoms in total. The fraction of sp³-hybridized carbons (Fsp3) is 0.263. The van der Waals surface area contributed by atoms with Gasteiger partial charge in [0.1, 0.15) is 11.5 Å². The Bertz CT molecular complexity index is 778. The number of nitrogens with one attached hydrogen (secondary N) is 2. The molecular weight excluding hydrogens is 356 g/mol. The van der Waals surface area contributed by atoms with Crippen molar-refractivity contribution >= 4 is 29.5 Å². The van der Waals surface area contributed by atoms with E-state index in [1.54, 1.807) is 36.4 Å². The molecule has 1 aromatic heterocycles. The van der Waals surface area contributed by atoms with Crippen molar-refractivity contribution < 1.29 is 18.7 Å². The first kappa shape index (κ1) is 18.2. The van der Waals surface area contributed by atoms with Crippen LogP contribution in [0, 0.1) is 0 Å². The molecule has 2 N–H and O–H groups in total. The van der Waals surface area contributed by atoms with E-state index < -0.39 is 11.8 Å². The first-order chi connectivity index (χ1) is 12.6. The van der Waals surface area contributed by atoms with Crippen LogP contribution in [0.4, 0.5) is 0 Å². The van der Waals surface area contributed by atoms with Gasteiger partial charge in [-0.05, 0) is 49.2 Å². The molecule has 1 aliphatic rings. The maximum atomic E-state index is 12.5. The molecule has 136 valence electrons. The van der Waals surface area contributed by atoms with Crippen LogP contribution in [0.15, 0.2) is 52.8 Å². The molecule has 2 amide bonds. The van der Waals surface area contributed by atoms with Crippen LogP contribution >= 0.6 is 11.6 Å². The predicted octanol–water partition coefficient (Wildman–Crippen LogP) is 3.00. The maximum Gasteiger partial charge on any atom is 0.268 e. The quantitative estimate of drug-likeness (QED) is 0.762. The molecule has 0 unspecified atom stereocenters. The Hall–Kier alpha value is -2.57. The Kier molecular flexibility index (Phi) is 6.09. The van der Waals surface area contributed by atoms with Gasteiger partial charge in [0.25, 0.3) is 11.8 Å². The monoisotopic (exact) mass is 374 g/mol. The molecule has 1 aromatic carbocycles. The molecule has 0 radical (unpaired) electrons. The second-order valence-corrected chi connectivity index (χ2v) is 6.32. The van der Waals surface area contributed by atoms with Crippen molar-refractivity contribution in [2.45, 2.75) is 18.9 Å². The lowest BCUT2D eigenvalue weighted by atomic mass is 10.2. The van der Waals surface area contributed by atoms with Gasteiger partial charge in [-0.1, -0.05) is 11.6 Å². The van der Waals surface area contributed by atoms with Crippen molar-refractivity contribution in [3.63, 3.8) is 0 Å². The second-order valence-electron chi connectivity index (χ2n) is 5.88. The maximum absolute atomic E-state index is 12.5. The van der Waals surface area contributed by atoms with Gasteiger partial charge in [0.2, 0.25) is 0 Å². The van der Waals surface area contributed by atoms with Crippen molar-refractivity contribution in [2.24, 2.45) is 0 Å². The fourth-order valence-corrected chi connectivity index (χ4v) is 2.70. The minimum absolute atomic E-state index is 0.00998. The van der Waals surface area contributed by atoms with Crippen molar-refractivity contribution in [3.8, 4) is 0 Å². The molecule has 3 rings (SSSR count). The van der Waals surface area contributed by atoms with Gasteiger partial charge in [-0.3, -0.25) is 9.59 Å². The number of halogens is 1. The number of ether oxygens (including phenoxy) is 1. The predicted molar refractivity (Wildman–Crippen MR) is 97.6 cm³/mol. The average molecular weight is 375 g/mol. The number of hydrogen-bond donors (Lipinski definition) is 2. The number of furan rings is 1. The summed E-state index contributed by atoms with van der Waals surface area (Å²) in [5, 5.41) is 5.96. The average Bonchev–Trinajstić information content (AvgIpc) is 3.33. The molecule has 1 aliphatic heterocycles. The second kappa shape index (κ2) is 8.69. The number of hydrogen-bond acceptors (Lipinski definition) is 4. The van der Waals surface area contributed by atoms with Crippen molar-refractivity contribution in [1.29, 1.82) is 0 Å². The zero-order valence-electron chi connectivity index (χ0n) is 14.0. The smallest absolute Gasteiger partial charge is 0.268 e. The Morgan fingerprint density at radius 2 is 2.04 bits per heavy atom. The van der Waals surface area contributed by atoms with E-state index in [1.807, 2.05) is 0 Å². The van der Waals surface area contributed by atoms with Crippen LogP contribution in [-0.4, -0.2) is 31.1 Å². The van der Waals surface area contributed by atoms with E-state index in [0.717, 1.165) is 12.8 Å². The number of rotatable bonds is 6. The minimum Gasteiger partial charge on any atom is -0.465 e. The molecule has 1 saturated heterocycles. The van der Waals surface area contributed by atoms with Crippen molar-refractivity contribution in [3.05, 3.63) is 64.7 Å². The van der Waals surface area contributed by atoms with Crippen LogP contribution < -0.4 is 10.6 Å². The molecular formula is C19H19ClN2O4. The highest BCUT2D eigenvalue weighted by atomic mass is 35.5. The lowest BCUT2D eigenvalue weighted by Gasteiger charge is -2.13. The van der Waals surface area contributed by atoms with Gasteiger partial charge in [-0.2, -0.15) is 0 Å². The Labute approximate surface area is 156 Å². The third-order valence-electron chi connectivity index (χ3n) is 3.94. The summed E-state index contributed by atoms with van der Waals surface area (Å²) in [6.45, 7) is 1.11. The molecule has 0 spiro atoms. The summed E-state index contributed by atoms with van der Waals surface area (Å²) in [6, 6.07) is 9.81. The first-order valence-corrected chi connectivity index (χ1v) is 8.71. The third kappa shape index (κ3) is 4.97. The third-order valence-corrected chi connectivity index (χ3v) is 4.20. The highest BCUT2D eigenvalue weighted by molar-refractivity contribution is 6.30. The summed E-state index contributed by atoms with van der Waals surface area (Å²) >= 11 is 5.84. The summed E-state index contributed by atoms with van der Waals surface area (Å²) in [6.07, 6.45) is 4.89. The lowest BCUT2D eigenvalue weighted by molar-refractivity contribution is -0.118. The number of amides is 2. The van der Waals surface area contributed by atoms with Gasteiger partial charge in [-0.15, -0.1) is 0 Å².